The first kappa shape index (κ1) is 26.7. The maximum atomic E-state index is 15.6. The predicted molar refractivity (Wildman–Crippen MR) is 164 cm³/mol. The highest BCUT2D eigenvalue weighted by Gasteiger charge is 2.28. The van der Waals surface area contributed by atoms with Crippen LogP contribution in [0.2, 0.25) is 0 Å². The summed E-state index contributed by atoms with van der Waals surface area (Å²) in [5, 5.41) is 1.97. The number of hydrogen-bond donors (Lipinski definition) is 0. The second kappa shape index (κ2) is 10.2. The van der Waals surface area contributed by atoms with Crippen molar-refractivity contribution < 1.29 is 13.4 Å². The first-order chi connectivity index (χ1) is 19.1. The van der Waals surface area contributed by atoms with Gasteiger partial charge in [0.05, 0.1) is 11.1 Å². The van der Waals surface area contributed by atoms with Gasteiger partial charge in [0.15, 0.2) is 6.20 Å². The van der Waals surface area contributed by atoms with E-state index in [0.29, 0.717) is 28.4 Å². The van der Waals surface area contributed by atoms with Crippen molar-refractivity contribution >= 4 is 21.9 Å². The van der Waals surface area contributed by atoms with Crippen molar-refractivity contribution in [3.05, 3.63) is 89.4 Å². The van der Waals surface area contributed by atoms with Crippen molar-refractivity contribution in [1.29, 1.82) is 0 Å². The average Bonchev–Trinajstić information content (AvgIpc) is 3.28. The van der Waals surface area contributed by atoms with Crippen LogP contribution in [0.25, 0.3) is 44.3 Å². The molecule has 2 heterocycles. The van der Waals surface area contributed by atoms with Gasteiger partial charge in [-0.25, -0.2) is 8.96 Å². The molecule has 2 aromatic heterocycles. The Morgan fingerprint density at radius 1 is 0.900 bits per heavy atom. The van der Waals surface area contributed by atoms with E-state index in [1.807, 2.05) is 6.07 Å². The number of nitrogens with zero attached hydrogens (tertiary/aromatic N) is 1. The molecule has 0 radical (unpaired) electrons. The number of benzene rings is 3. The normalized spacial score (nSPS) is 15.9. The fourth-order valence-electron chi connectivity index (χ4n) is 6.68. The molecule has 0 unspecified atom stereocenters. The van der Waals surface area contributed by atoms with Crippen molar-refractivity contribution in [1.82, 2.24) is 0 Å². The van der Waals surface area contributed by atoms with Gasteiger partial charge in [-0.05, 0) is 90.7 Å². The van der Waals surface area contributed by atoms with Gasteiger partial charge < -0.3 is 4.42 Å². The van der Waals surface area contributed by atoms with Gasteiger partial charge >= 0.3 is 0 Å². The third-order valence-corrected chi connectivity index (χ3v) is 9.09. The molecule has 0 bridgehead atoms. The minimum atomic E-state index is -0.249. The number of aryl methyl sites for hydroxylation is 2. The van der Waals surface area contributed by atoms with Crippen molar-refractivity contribution in [2.24, 2.45) is 18.4 Å². The molecule has 6 rings (SSSR count). The molecule has 1 aliphatic carbocycles. The van der Waals surface area contributed by atoms with Crippen LogP contribution in [0.3, 0.4) is 0 Å². The Labute approximate surface area is 237 Å². The van der Waals surface area contributed by atoms with Crippen LogP contribution in [0.1, 0.15) is 76.0 Å². The molecule has 206 valence electrons. The Hall–Kier alpha value is -3.46. The van der Waals surface area contributed by atoms with E-state index in [0.717, 1.165) is 45.2 Å². The quantitative estimate of drug-likeness (QED) is 0.205. The Bertz CT molecular complexity index is 1700. The number of halogens is 1. The number of rotatable bonds is 5. The fourth-order valence-corrected chi connectivity index (χ4v) is 6.68. The summed E-state index contributed by atoms with van der Waals surface area (Å²) in [6.07, 6.45) is 8.11. The summed E-state index contributed by atoms with van der Waals surface area (Å²) in [4.78, 5) is 0. The van der Waals surface area contributed by atoms with Crippen LogP contribution in [-0.2, 0) is 13.5 Å². The van der Waals surface area contributed by atoms with Crippen LogP contribution in [0.4, 0.5) is 4.39 Å². The molecule has 3 aromatic carbocycles. The molecular formula is C37H41FNO+. The first-order valence-corrected chi connectivity index (χ1v) is 14.8. The van der Waals surface area contributed by atoms with Gasteiger partial charge in [-0.2, -0.15) is 0 Å². The zero-order valence-corrected chi connectivity index (χ0v) is 24.8. The van der Waals surface area contributed by atoms with E-state index in [9.17, 15) is 0 Å². The van der Waals surface area contributed by atoms with Crippen LogP contribution >= 0.6 is 0 Å². The monoisotopic (exact) mass is 534 g/mol. The smallest absolute Gasteiger partial charge is 0.216 e. The topological polar surface area (TPSA) is 17.0 Å². The van der Waals surface area contributed by atoms with Crippen molar-refractivity contribution in [3.63, 3.8) is 0 Å². The van der Waals surface area contributed by atoms with Gasteiger partial charge in [-0.3, -0.25) is 0 Å². The van der Waals surface area contributed by atoms with Crippen LogP contribution in [0.5, 0.6) is 0 Å². The van der Waals surface area contributed by atoms with Crippen LogP contribution in [0, 0.1) is 24.1 Å². The summed E-state index contributed by atoms with van der Waals surface area (Å²) in [6.45, 7) is 11.4. The molecular weight excluding hydrogens is 493 g/mol. The van der Waals surface area contributed by atoms with E-state index in [1.165, 1.54) is 36.8 Å². The Morgan fingerprint density at radius 2 is 1.55 bits per heavy atom. The van der Waals surface area contributed by atoms with E-state index < -0.39 is 0 Å². The second-order valence-corrected chi connectivity index (χ2v) is 13.2. The molecule has 0 atom stereocenters. The highest BCUT2D eigenvalue weighted by molar-refractivity contribution is 6.13. The van der Waals surface area contributed by atoms with E-state index in [2.05, 4.69) is 101 Å². The summed E-state index contributed by atoms with van der Waals surface area (Å²) in [7, 11) is 2.08. The zero-order valence-electron chi connectivity index (χ0n) is 24.8. The van der Waals surface area contributed by atoms with Crippen molar-refractivity contribution in [3.8, 4) is 22.4 Å². The van der Waals surface area contributed by atoms with E-state index in [1.54, 1.807) is 6.07 Å². The number of hydrogen-bond acceptors (Lipinski definition) is 1. The third-order valence-electron chi connectivity index (χ3n) is 9.09. The summed E-state index contributed by atoms with van der Waals surface area (Å²) >= 11 is 0. The Kier molecular flexibility index (Phi) is 6.81. The zero-order chi connectivity index (χ0) is 28.2. The minimum absolute atomic E-state index is 0.249. The van der Waals surface area contributed by atoms with Gasteiger partial charge in [0, 0.05) is 22.9 Å². The molecule has 0 N–H and O–H groups in total. The van der Waals surface area contributed by atoms with E-state index in [4.69, 9.17) is 4.42 Å². The molecule has 0 spiro atoms. The SMILES string of the molecule is Cc1ccc2c(oc3c(-c4ccc(C5CCC(C)(C)CC5)cc4)c(F)ccc32)c1-c1cc(CC(C)C)cc[n+]1C. The standard InChI is InChI=1S/C37H41FNO/c1-23(2)21-25-17-20-39(6)32(22-25)33-24(3)7-12-29-30-13-14-31(38)34(36(30)40-35(29)33)28-10-8-26(9-11-28)27-15-18-37(4,5)19-16-27/h7-14,17,20,22-23,27H,15-16,18-19,21H2,1-6H3/q+1. The summed E-state index contributed by atoms with van der Waals surface area (Å²) in [5.41, 5.74) is 9.30. The van der Waals surface area contributed by atoms with Crippen LogP contribution < -0.4 is 4.57 Å². The molecule has 2 nitrogen and oxygen atoms in total. The van der Waals surface area contributed by atoms with Gasteiger partial charge in [0.1, 0.15) is 24.0 Å². The Balaban J connectivity index is 1.47. The predicted octanol–water partition coefficient (Wildman–Crippen LogP) is 10.1. The van der Waals surface area contributed by atoms with Gasteiger partial charge in [-0.1, -0.05) is 64.1 Å². The van der Waals surface area contributed by atoms with Crippen LogP contribution in [0.15, 0.2) is 71.3 Å². The fraction of sp³-hybridized carbons (Fsp3) is 0.378. The van der Waals surface area contributed by atoms with Crippen molar-refractivity contribution in [2.45, 2.75) is 72.6 Å². The minimum Gasteiger partial charge on any atom is -0.454 e. The highest BCUT2D eigenvalue weighted by Crippen LogP contribution is 2.44. The summed E-state index contributed by atoms with van der Waals surface area (Å²) < 4.78 is 24.4. The molecule has 5 aromatic rings. The molecule has 0 amide bonds. The number of pyridine rings is 1. The maximum absolute atomic E-state index is 15.6. The molecule has 1 fully saturated rings. The number of furan rings is 1. The van der Waals surface area contributed by atoms with Gasteiger partial charge in [-0.15, -0.1) is 0 Å². The lowest BCUT2D eigenvalue weighted by Crippen LogP contribution is -2.31. The molecule has 1 saturated carbocycles. The van der Waals surface area contributed by atoms with E-state index >= 15 is 4.39 Å². The maximum Gasteiger partial charge on any atom is 0.216 e. The van der Waals surface area contributed by atoms with Crippen molar-refractivity contribution in [2.75, 3.05) is 0 Å². The number of aromatic nitrogens is 1. The summed E-state index contributed by atoms with van der Waals surface area (Å²) in [6, 6.07) is 20.8. The molecule has 0 aliphatic heterocycles. The average molecular weight is 535 g/mol. The third kappa shape index (κ3) is 4.85. The molecule has 0 saturated heterocycles. The Morgan fingerprint density at radius 3 is 2.23 bits per heavy atom. The number of fused-ring (bicyclic) bond motifs is 3. The summed E-state index contributed by atoms with van der Waals surface area (Å²) in [5.74, 6) is 0.915. The molecule has 3 heteroatoms. The molecule has 1 aliphatic rings. The second-order valence-electron chi connectivity index (χ2n) is 13.2. The lowest BCUT2D eigenvalue weighted by Gasteiger charge is -2.34. The van der Waals surface area contributed by atoms with Gasteiger partial charge in [0.25, 0.3) is 0 Å². The van der Waals surface area contributed by atoms with Crippen LogP contribution in [-0.4, -0.2) is 0 Å². The van der Waals surface area contributed by atoms with Gasteiger partial charge in [0.2, 0.25) is 5.69 Å². The first-order valence-electron chi connectivity index (χ1n) is 14.8. The lowest BCUT2D eigenvalue weighted by molar-refractivity contribution is -0.660. The lowest BCUT2D eigenvalue weighted by atomic mass is 9.71. The highest BCUT2D eigenvalue weighted by atomic mass is 19.1. The largest absolute Gasteiger partial charge is 0.454 e. The van der Waals surface area contributed by atoms with E-state index in [-0.39, 0.29) is 5.82 Å². The molecule has 40 heavy (non-hydrogen) atoms.